The van der Waals surface area contributed by atoms with E-state index in [9.17, 15) is 39.0 Å². The van der Waals surface area contributed by atoms with Crippen LogP contribution in [0, 0.1) is 5.92 Å². The van der Waals surface area contributed by atoms with Gasteiger partial charge in [-0.25, -0.2) is 4.79 Å². The van der Waals surface area contributed by atoms with Gasteiger partial charge in [-0.15, -0.1) is 0 Å². The van der Waals surface area contributed by atoms with Gasteiger partial charge in [0.2, 0.25) is 29.5 Å². The van der Waals surface area contributed by atoms with Crippen molar-refractivity contribution in [3.63, 3.8) is 0 Å². The van der Waals surface area contributed by atoms with Crippen LogP contribution in [0.2, 0.25) is 0 Å². The van der Waals surface area contributed by atoms with Gasteiger partial charge in [-0.05, 0) is 95.2 Å². The summed E-state index contributed by atoms with van der Waals surface area (Å²) in [6, 6.07) is -6.99. The third-order valence-electron chi connectivity index (χ3n) is 10.3. The molecule has 21 N–H and O–H groups in total. The molecule has 0 bridgehead atoms. The Bertz CT molecular complexity index is 1760. The summed E-state index contributed by atoms with van der Waals surface area (Å²) in [6.07, 6.45) is 9.72. The van der Waals surface area contributed by atoms with Crippen molar-refractivity contribution in [3.05, 3.63) is 35.8 Å². The maximum absolute atomic E-state index is 14.2. The molecule has 5 amide bonds. The minimum absolute atomic E-state index is 0.00467. The molecule has 24 heteroatoms. The highest BCUT2D eigenvalue weighted by Gasteiger charge is 2.39. The van der Waals surface area contributed by atoms with Gasteiger partial charge in [0.25, 0.3) is 0 Å². The highest BCUT2D eigenvalue weighted by Crippen LogP contribution is 2.22. The van der Waals surface area contributed by atoms with Gasteiger partial charge in [-0.1, -0.05) is 26.0 Å². The molecule has 0 aromatic heterocycles. The Kier molecular flexibility index (Phi) is 23.6. The van der Waals surface area contributed by atoms with Crippen LogP contribution < -0.4 is 66.7 Å². The number of rotatable bonds is 29. The van der Waals surface area contributed by atoms with Gasteiger partial charge in [-0.3, -0.25) is 38.9 Å². The van der Waals surface area contributed by atoms with Crippen molar-refractivity contribution in [1.29, 1.82) is 0 Å². The van der Waals surface area contributed by atoms with Crippen LogP contribution in [0.25, 0.3) is 0 Å². The summed E-state index contributed by atoms with van der Waals surface area (Å²) in [7, 11) is 0. The first-order valence-electron chi connectivity index (χ1n) is 21.5. The smallest absolute Gasteiger partial charge is 0.326 e. The molecule has 0 saturated carbocycles. The van der Waals surface area contributed by atoms with Crippen molar-refractivity contribution in [1.82, 2.24) is 31.5 Å². The highest BCUT2D eigenvalue weighted by atomic mass is 16.4. The standard InChI is InChI=1S/C40H70N16O8/c1-23(2)30(37(63)64)55-34(60)27(16-9-21-50-40(46)47)52-32(58)25(14-7-19-48-38(42)43)51-33(59)26(15-8-20-49-39(44)45)53-35(61)29-17-10-22-56(29)36(62)28(13-5-6-18-41)54-31(57)24-11-3-4-12-24/h3-4,11-12,23,25-30,54,57H,5-10,13-22,41H2,1-2H3,(H,51,59)(H,52,58)(H,53,61)(H,55,60)(H,63,64)(H4,42,43,48)(H4,44,45,49)(H4,46,47,50)/t25-,26-,27-,28-,29?,30-/m0/s1. The molecule has 2 aliphatic rings. The Morgan fingerprint density at radius 2 is 1.11 bits per heavy atom. The van der Waals surface area contributed by atoms with E-state index < -0.39 is 77.7 Å². The molecule has 0 radical (unpaired) electrons. The molecule has 1 heterocycles. The molecule has 1 unspecified atom stereocenters. The number of carboxylic acid groups (broad SMARTS) is 1. The molecule has 358 valence electrons. The van der Waals surface area contributed by atoms with Crippen molar-refractivity contribution < 1.29 is 39.0 Å². The Morgan fingerprint density at radius 1 is 0.656 bits per heavy atom. The molecular formula is C40H70N16O8. The van der Waals surface area contributed by atoms with E-state index in [1.807, 2.05) is 0 Å². The van der Waals surface area contributed by atoms with E-state index in [4.69, 9.17) is 40.1 Å². The summed E-state index contributed by atoms with van der Waals surface area (Å²) in [4.78, 5) is 95.1. The highest BCUT2D eigenvalue weighted by molar-refractivity contribution is 5.96. The van der Waals surface area contributed by atoms with Crippen LogP contribution in [0.15, 0.2) is 50.7 Å². The molecule has 0 spiro atoms. The van der Waals surface area contributed by atoms with Gasteiger partial charge in [0.15, 0.2) is 23.8 Å². The minimum atomic E-state index is -1.32. The molecule has 24 nitrogen and oxygen atoms in total. The molecule has 0 aromatic rings. The van der Waals surface area contributed by atoms with E-state index >= 15 is 0 Å². The van der Waals surface area contributed by atoms with E-state index in [-0.39, 0.29) is 94.9 Å². The number of aliphatic carboxylic acids is 1. The fraction of sp³-hybridized carbons (Fsp3) is 0.625. The van der Waals surface area contributed by atoms with Crippen LogP contribution in [-0.2, 0) is 28.8 Å². The first-order chi connectivity index (χ1) is 30.4. The number of aliphatic hydroxyl groups is 1. The number of nitrogens with two attached hydrogens (primary N) is 7. The molecule has 1 saturated heterocycles. The SMILES string of the molecule is CC(C)[C@H](NC(=O)[C@H](CCCN=C(N)N)NC(=O)[C@H](CCCN=C(N)N)NC(=O)[C@H](CCCN=C(N)N)NC(=O)C1CCCN1C(=O)[C@H](CCCCN)NC(O)=C1C=CC=C1)C(=O)O. The van der Waals surface area contributed by atoms with Crippen LogP contribution >= 0.6 is 0 Å². The van der Waals surface area contributed by atoms with Crippen LogP contribution in [0.1, 0.15) is 84.5 Å². The molecule has 1 aliphatic heterocycles. The number of allylic oxidation sites excluding steroid dienone is 5. The summed E-state index contributed by atoms with van der Waals surface area (Å²) < 4.78 is 0. The van der Waals surface area contributed by atoms with Gasteiger partial charge < -0.3 is 81.8 Å². The maximum atomic E-state index is 14.2. The molecule has 0 aromatic carbocycles. The first-order valence-corrected chi connectivity index (χ1v) is 21.5. The number of aliphatic imine (C=N–C) groups is 3. The zero-order chi connectivity index (χ0) is 47.8. The number of unbranched alkanes of at least 4 members (excludes halogenated alkanes) is 1. The zero-order valence-corrected chi connectivity index (χ0v) is 36.8. The minimum Gasteiger partial charge on any atom is -0.494 e. The Balaban J connectivity index is 2.42. The second-order valence-electron chi connectivity index (χ2n) is 15.8. The van der Waals surface area contributed by atoms with E-state index in [0.717, 1.165) is 0 Å². The van der Waals surface area contributed by atoms with Gasteiger partial charge in [0.1, 0.15) is 36.3 Å². The summed E-state index contributed by atoms with van der Waals surface area (Å²) in [5, 5.41) is 34.0. The number of carboxylic acids is 1. The molecule has 1 fully saturated rings. The average molecular weight is 903 g/mol. The number of guanidine groups is 3. The normalized spacial score (nSPS) is 16.4. The Labute approximate surface area is 373 Å². The zero-order valence-electron chi connectivity index (χ0n) is 36.8. The number of amides is 5. The number of hydrogen-bond acceptors (Lipinski definition) is 12. The van der Waals surface area contributed by atoms with Gasteiger partial charge in [0, 0.05) is 31.8 Å². The van der Waals surface area contributed by atoms with Crippen molar-refractivity contribution in [2.75, 3.05) is 32.7 Å². The first kappa shape index (κ1) is 53.5. The summed E-state index contributed by atoms with van der Waals surface area (Å²) in [5.74, 6) is -5.94. The van der Waals surface area contributed by atoms with Gasteiger partial charge >= 0.3 is 5.97 Å². The fourth-order valence-corrected chi connectivity index (χ4v) is 6.93. The van der Waals surface area contributed by atoms with Crippen molar-refractivity contribution in [2.45, 2.75) is 121 Å². The molecular weight excluding hydrogens is 833 g/mol. The lowest BCUT2D eigenvalue weighted by Crippen LogP contribution is -2.59. The van der Waals surface area contributed by atoms with Gasteiger partial charge in [0.05, 0.1) is 0 Å². The van der Waals surface area contributed by atoms with E-state index in [1.54, 1.807) is 38.2 Å². The van der Waals surface area contributed by atoms with Crippen LogP contribution in [-0.4, -0.2) is 137 Å². The van der Waals surface area contributed by atoms with Crippen molar-refractivity contribution in [2.24, 2.45) is 61.0 Å². The molecule has 2 rings (SSSR count). The number of nitrogens with zero attached hydrogens (tertiary/aromatic N) is 4. The fourth-order valence-electron chi connectivity index (χ4n) is 6.93. The number of aliphatic hydroxyl groups excluding tert-OH is 1. The number of nitrogens with one attached hydrogen (secondary N) is 5. The lowest BCUT2D eigenvalue weighted by molar-refractivity contribution is -0.143. The monoisotopic (exact) mass is 903 g/mol. The third kappa shape index (κ3) is 19.2. The van der Waals surface area contributed by atoms with E-state index in [0.29, 0.717) is 37.8 Å². The van der Waals surface area contributed by atoms with Crippen LogP contribution in [0.5, 0.6) is 0 Å². The average Bonchev–Trinajstić information content (AvgIpc) is 3.96. The van der Waals surface area contributed by atoms with Crippen molar-refractivity contribution >= 4 is 53.4 Å². The number of carbonyl (C=O) groups is 6. The topological polar surface area (TPSA) is 425 Å². The lowest BCUT2D eigenvalue weighted by atomic mass is 10.0. The second kappa shape index (κ2) is 28.2. The predicted molar refractivity (Wildman–Crippen MR) is 242 cm³/mol. The van der Waals surface area contributed by atoms with Gasteiger partial charge in [-0.2, -0.15) is 0 Å². The lowest BCUT2D eigenvalue weighted by Gasteiger charge is -2.30. The Hall–Kier alpha value is -6.59. The quantitative estimate of drug-likeness (QED) is 0.0152. The predicted octanol–water partition coefficient (Wildman–Crippen LogP) is -3.20. The summed E-state index contributed by atoms with van der Waals surface area (Å²) in [6.45, 7) is 4.14. The summed E-state index contributed by atoms with van der Waals surface area (Å²) in [5.41, 5.74) is 39.1. The van der Waals surface area contributed by atoms with E-state index in [2.05, 4.69) is 41.6 Å². The number of likely N-dealkylation sites (tertiary alicyclic amines) is 1. The van der Waals surface area contributed by atoms with E-state index in [1.165, 1.54) is 4.90 Å². The molecule has 1 aliphatic carbocycles. The maximum Gasteiger partial charge on any atom is 0.326 e. The Morgan fingerprint density at radius 3 is 1.55 bits per heavy atom. The third-order valence-corrected chi connectivity index (χ3v) is 10.3. The molecule has 64 heavy (non-hydrogen) atoms. The van der Waals surface area contributed by atoms with Crippen LogP contribution in [0.4, 0.5) is 0 Å². The second-order valence-corrected chi connectivity index (χ2v) is 15.8. The summed E-state index contributed by atoms with van der Waals surface area (Å²) >= 11 is 0. The van der Waals surface area contributed by atoms with Crippen LogP contribution in [0.3, 0.4) is 0 Å². The number of carbonyl (C=O) groups excluding carboxylic acids is 5. The number of hydrogen-bond donors (Lipinski definition) is 14. The van der Waals surface area contributed by atoms with Crippen molar-refractivity contribution in [3.8, 4) is 0 Å². The largest absolute Gasteiger partial charge is 0.494 e. The molecule has 6 atom stereocenters.